The standard InChI is InChI=1S/C35H44O18/c1-9-24-10-12-25(13-11-24)14-45-34-32(49-22(7)41)31(48-21(6)40)29(27(51-34)16-44-18(3)37)53-35-33(50-23(8)42)30(47-20(5)39)28(46-19(4)38)26(52-35)15-43-17(2)36/h9-13,26-35H,1,14-16H2,2-8H3/t26-,27-,28-,29-,30+,31+,32-,33-,34-,35+/m1/s1. The predicted molar refractivity (Wildman–Crippen MR) is 175 cm³/mol. The molecule has 53 heavy (non-hydrogen) atoms. The van der Waals surface area contributed by atoms with Crippen molar-refractivity contribution in [3.63, 3.8) is 0 Å². The number of hydrogen-bond acceptors (Lipinski definition) is 18. The molecule has 0 saturated carbocycles. The lowest BCUT2D eigenvalue weighted by atomic mass is 9.96. The first kappa shape index (κ1) is 42.5. The fourth-order valence-corrected chi connectivity index (χ4v) is 5.53. The minimum absolute atomic E-state index is 0.0852. The van der Waals surface area contributed by atoms with Gasteiger partial charge in [-0.05, 0) is 11.1 Å². The molecule has 2 aliphatic heterocycles. The summed E-state index contributed by atoms with van der Waals surface area (Å²) in [5, 5.41) is 0. The highest BCUT2D eigenvalue weighted by atomic mass is 16.8. The zero-order valence-corrected chi connectivity index (χ0v) is 30.3. The van der Waals surface area contributed by atoms with Crippen molar-refractivity contribution in [1.29, 1.82) is 0 Å². The van der Waals surface area contributed by atoms with Crippen LogP contribution in [0.3, 0.4) is 0 Å². The summed E-state index contributed by atoms with van der Waals surface area (Å²) in [6.07, 6.45) is -13.8. The van der Waals surface area contributed by atoms with Crippen molar-refractivity contribution in [2.24, 2.45) is 0 Å². The maximum absolute atomic E-state index is 12.6. The average molecular weight is 753 g/mol. The van der Waals surface area contributed by atoms with E-state index in [0.717, 1.165) is 54.0 Å². The minimum Gasteiger partial charge on any atom is -0.463 e. The summed E-state index contributed by atoms with van der Waals surface area (Å²) in [4.78, 5) is 85.7. The minimum atomic E-state index is -1.79. The van der Waals surface area contributed by atoms with Crippen LogP contribution in [0.15, 0.2) is 30.8 Å². The van der Waals surface area contributed by atoms with Gasteiger partial charge in [-0.1, -0.05) is 36.9 Å². The van der Waals surface area contributed by atoms with E-state index >= 15 is 0 Å². The Bertz CT molecular complexity index is 1490. The molecular weight excluding hydrogens is 708 g/mol. The van der Waals surface area contributed by atoms with Gasteiger partial charge in [-0.3, -0.25) is 33.6 Å². The Hall–Kier alpha value is -4.91. The zero-order chi connectivity index (χ0) is 39.4. The van der Waals surface area contributed by atoms with Gasteiger partial charge in [0.15, 0.2) is 43.1 Å². The van der Waals surface area contributed by atoms with Crippen LogP contribution in [0.5, 0.6) is 0 Å². The van der Waals surface area contributed by atoms with E-state index < -0.39 is 116 Å². The van der Waals surface area contributed by atoms with Crippen LogP contribution in [0.25, 0.3) is 6.08 Å². The zero-order valence-electron chi connectivity index (χ0n) is 30.3. The first-order chi connectivity index (χ1) is 25.0. The number of hydrogen-bond donors (Lipinski definition) is 0. The van der Waals surface area contributed by atoms with Gasteiger partial charge in [-0.25, -0.2) is 0 Å². The van der Waals surface area contributed by atoms with Gasteiger partial charge in [0, 0.05) is 48.5 Å². The van der Waals surface area contributed by atoms with Gasteiger partial charge >= 0.3 is 41.8 Å². The van der Waals surface area contributed by atoms with Crippen LogP contribution < -0.4 is 0 Å². The summed E-state index contributed by atoms with van der Waals surface area (Å²) in [6, 6.07) is 7.10. The van der Waals surface area contributed by atoms with Crippen molar-refractivity contribution in [2.45, 2.75) is 116 Å². The van der Waals surface area contributed by atoms with Gasteiger partial charge in [0.25, 0.3) is 0 Å². The molecule has 3 rings (SSSR count). The van der Waals surface area contributed by atoms with Crippen LogP contribution in [0.1, 0.15) is 59.6 Å². The fourth-order valence-electron chi connectivity index (χ4n) is 5.53. The van der Waals surface area contributed by atoms with E-state index in [1.807, 2.05) is 0 Å². The fraction of sp³-hybridized carbons (Fsp3) is 0.571. The summed E-state index contributed by atoms with van der Waals surface area (Å²) in [7, 11) is 0. The third-order valence-corrected chi connectivity index (χ3v) is 7.52. The second-order valence-corrected chi connectivity index (χ2v) is 11.9. The van der Waals surface area contributed by atoms with Crippen molar-refractivity contribution < 1.29 is 85.7 Å². The molecule has 2 aliphatic rings. The van der Waals surface area contributed by atoms with Crippen molar-refractivity contribution >= 4 is 47.9 Å². The normalized spacial score (nSPS) is 28.0. The van der Waals surface area contributed by atoms with Crippen LogP contribution in [0.4, 0.5) is 0 Å². The molecule has 0 aliphatic carbocycles. The Morgan fingerprint density at radius 2 is 0.943 bits per heavy atom. The van der Waals surface area contributed by atoms with Crippen molar-refractivity contribution in [2.75, 3.05) is 13.2 Å². The highest BCUT2D eigenvalue weighted by Gasteiger charge is 2.57. The number of rotatable bonds is 15. The molecule has 0 aromatic heterocycles. The first-order valence-corrected chi connectivity index (χ1v) is 16.4. The highest BCUT2D eigenvalue weighted by molar-refractivity contribution is 5.69. The summed E-state index contributed by atoms with van der Waals surface area (Å²) >= 11 is 0. The molecule has 10 atom stereocenters. The smallest absolute Gasteiger partial charge is 0.303 e. The maximum Gasteiger partial charge on any atom is 0.303 e. The van der Waals surface area contributed by atoms with E-state index in [1.165, 1.54) is 0 Å². The Kier molecular flexibility index (Phi) is 15.9. The number of esters is 7. The van der Waals surface area contributed by atoms with Gasteiger partial charge in [0.2, 0.25) is 0 Å². The number of carbonyl (C=O) groups excluding carboxylic acids is 7. The lowest BCUT2D eigenvalue weighted by molar-refractivity contribution is -0.362. The quantitative estimate of drug-likeness (QED) is 0.183. The topological polar surface area (TPSA) is 221 Å². The molecule has 292 valence electrons. The van der Waals surface area contributed by atoms with Gasteiger partial charge in [-0.2, -0.15) is 0 Å². The van der Waals surface area contributed by atoms with Crippen molar-refractivity contribution in [3.05, 3.63) is 42.0 Å². The van der Waals surface area contributed by atoms with Gasteiger partial charge in [0.05, 0.1) is 6.61 Å². The third kappa shape index (κ3) is 12.9. The lowest BCUT2D eigenvalue weighted by Crippen LogP contribution is -2.67. The summed E-state index contributed by atoms with van der Waals surface area (Å²) < 4.78 is 62.6. The van der Waals surface area contributed by atoms with Crippen LogP contribution in [-0.2, 0) is 92.3 Å². The number of ether oxygens (including phenoxy) is 11. The first-order valence-electron chi connectivity index (χ1n) is 16.4. The Morgan fingerprint density at radius 1 is 0.547 bits per heavy atom. The molecule has 1 aromatic rings. The molecule has 2 saturated heterocycles. The molecule has 0 amide bonds. The molecule has 0 spiro atoms. The Labute approximate surface area is 305 Å². The Balaban J connectivity index is 2.13. The predicted octanol–water partition coefficient (Wildman–Crippen LogP) is 1.47. The van der Waals surface area contributed by atoms with E-state index in [2.05, 4.69) is 6.58 Å². The molecular formula is C35H44O18. The SMILES string of the molecule is C=Cc1ccc(CO[C@@H]2O[C@H](COC(C)=O)[C@@H](O[C@@H]3O[C@H](COC(C)=O)[C@@H](OC(C)=O)[C@H](OC(C)=O)[C@H]3OC(C)=O)[C@H](OC(C)=O)[C@H]2OC(C)=O)cc1. The van der Waals surface area contributed by atoms with Crippen LogP contribution in [0.2, 0.25) is 0 Å². The van der Waals surface area contributed by atoms with Crippen LogP contribution in [-0.4, -0.2) is 116 Å². The lowest BCUT2D eigenvalue weighted by Gasteiger charge is -2.48. The number of benzene rings is 1. The summed E-state index contributed by atoms with van der Waals surface area (Å²) in [5.41, 5.74) is 1.52. The molecule has 0 N–H and O–H groups in total. The van der Waals surface area contributed by atoms with E-state index in [4.69, 9.17) is 52.1 Å². The maximum atomic E-state index is 12.6. The summed E-state index contributed by atoms with van der Waals surface area (Å²) in [6.45, 7) is 10.1. The molecule has 2 heterocycles. The molecule has 0 bridgehead atoms. The molecule has 18 heteroatoms. The van der Waals surface area contributed by atoms with Crippen molar-refractivity contribution in [3.8, 4) is 0 Å². The second-order valence-electron chi connectivity index (χ2n) is 11.9. The summed E-state index contributed by atoms with van der Waals surface area (Å²) in [5.74, 6) is -5.83. The third-order valence-electron chi connectivity index (χ3n) is 7.52. The molecule has 2 fully saturated rings. The molecule has 0 radical (unpaired) electrons. The highest BCUT2D eigenvalue weighted by Crippen LogP contribution is 2.36. The second kappa shape index (κ2) is 19.8. The molecule has 18 nitrogen and oxygen atoms in total. The molecule has 0 unspecified atom stereocenters. The van der Waals surface area contributed by atoms with E-state index in [0.29, 0.717) is 5.56 Å². The van der Waals surface area contributed by atoms with Gasteiger partial charge < -0.3 is 52.1 Å². The van der Waals surface area contributed by atoms with E-state index in [9.17, 15) is 33.6 Å². The average Bonchev–Trinajstić information content (AvgIpc) is 3.05. The molecule has 1 aromatic carbocycles. The van der Waals surface area contributed by atoms with Gasteiger partial charge in [-0.15, -0.1) is 0 Å². The largest absolute Gasteiger partial charge is 0.463 e. The Morgan fingerprint density at radius 3 is 1.40 bits per heavy atom. The monoisotopic (exact) mass is 752 g/mol. The van der Waals surface area contributed by atoms with Gasteiger partial charge in [0.1, 0.15) is 31.5 Å². The van der Waals surface area contributed by atoms with E-state index in [-0.39, 0.29) is 6.61 Å². The number of carbonyl (C=O) groups is 7. The van der Waals surface area contributed by atoms with Crippen LogP contribution >= 0.6 is 0 Å². The van der Waals surface area contributed by atoms with Crippen molar-refractivity contribution in [1.82, 2.24) is 0 Å². The van der Waals surface area contributed by atoms with E-state index in [1.54, 1.807) is 30.3 Å². The van der Waals surface area contributed by atoms with Crippen LogP contribution in [0, 0.1) is 0 Å².